The highest BCUT2D eigenvalue weighted by atomic mass is 15.4. The zero-order chi connectivity index (χ0) is 19.3. The lowest BCUT2D eigenvalue weighted by atomic mass is 10.0. The van der Waals surface area contributed by atoms with Gasteiger partial charge >= 0.3 is 0 Å². The fraction of sp³-hybridized carbons (Fsp3) is 0.550. The Morgan fingerprint density at radius 1 is 1.33 bits per heavy atom. The van der Waals surface area contributed by atoms with E-state index in [1.165, 1.54) is 5.56 Å². The van der Waals surface area contributed by atoms with E-state index in [4.69, 9.17) is 0 Å². The molecule has 3 N–H and O–H groups in total. The third-order valence-corrected chi connectivity index (χ3v) is 4.97. The number of aryl methyl sites for hydroxylation is 1. The van der Waals surface area contributed by atoms with Crippen molar-refractivity contribution in [1.82, 2.24) is 30.7 Å². The molecule has 0 saturated carbocycles. The Morgan fingerprint density at radius 3 is 2.85 bits per heavy atom. The van der Waals surface area contributed by atoms with Gasteiger partial charge in [-0.1, -0.05) is 30.3 Å². The summed E-state index contributed by atoms with van der Waals surface area (Å²) >= 11 is 0. The Kier molecular flexibility index (Phi) is 6.11. The molecule has 2 aromatic rings. The van der Waals surface area contributed by atoms with Gasteiger partial charge < -0.3 is 16.0 Å². The molecule has 7 nitrogen and oxygen atoms in total. The van der Waals surface area contributed by atoms with Gasteiger partial charge in [0.1, 0.15) is 12.2 Å². The number of aliphatic imine (C=N–C) groups is 1. The number of nitrogens with zero attached hydrogens (tertiary/aromatic N) is 4. The molecule has 0 spiro atoms. The van der Waals surface area contributed by atoms with Crippen LogP contribution in [0.1, 0.15) is 44.6 Å². The van der Waals surface area contributed by atoms with Gasteiger partial charge in [0, 0.05) is 37.6 Å². The van der Waals surface area contributed by atoms with Gasteiger partial charge in [-0.2, -0.15) is 5.10 Å². The Labute approximate surface area is 161 Å². The van der Waals surface area contributed by atoms with Crippen molar-refractivity contribution < 1.29 is 0 Å². The van der Waals surface area contributed by atoms with Crippen molar-refractivity contribution in [2.75, 3.05) is 13.6 Å². The molecule has 7 heteroatoms. The molecular weight excluding hydrogens is 338 g/mol. The molecule has 0 fully saturated rings. The Morgan fingerprint density at radius 2 is 2.11 bits per heavy atom. The summed E-state index contributed by atoms with van der Waals surface area (Å²) in [6.07, 6.45) is 3.61. The molecule has 1 aliphatic heterocycles. The number of fused-ring (bicyclic) bond motifs is 1. The van der Waals surface area contributed by atoms with E-state index in [0.717, 1.165) is 37.7 Å². The quantitative estimate of drug-likeness (QED) is 0.535. The summed E-state index contributed by atoms with van der Waals surface area (Å²) in [5, 5.41) is 15.0. The summed E-state index contributed by atoms with van der Waals surface area (Å²) in [5.41, 5.74) is 1.21. The molecule has 1 aromatic carbocycles. The van der Waals surface area contributed by atoms with Crippen molar-refractivity contribution in [2.45, 2.75) is 57.8 Å². The maximum Gasteiger partial charge on any atom is 0.191 e. The summed E-state index contributed by atoms with van der Waals surface area (Å²) in [4.78, 5) is 8.67. The smallest absolute Gasteiger partial charge is 0.191 e. The molecule has 0 saturated heterocycles. The largest absolute Gasteiger partial charge is 0.355 e. The third kappa shape index (κ3) is 5.29. The van der Waals surface area contributed by atoms with E-state index < -0.39 is 0 Å². The van der Waals surface area contributed by atoms with Crippen LogP contribution >= 0.6 is 0 Å². The van der Waals surface area contributed by atoms with Crippen molar-refractivity contribution in [1.29, 1.82) is 0 Å². The van der Waals surface area contributed by atoms with Crippen LogP contribution in [0.4, 0.5) is 0 Å². The van der Waals surface area contributed by atoms with Crippen LogP contribution in [0.25, 0.3) is 0 Å². The topological polar surface area (TPSA) is 79.2 Å². The molecule has 2 atom stereocenters. The van der Waals surface area contributed by atoms with Crippen LogP contribution in [0, 0.1) is 0 Å². The lowest BCUT2D eigenvalue weighted by Crippen LogP contribution is -2.54. The number of guanidine groups is 1. The Hall–Kier alpha value is -2.41. The molecule has 0 bridgehead atoms. The first-order chi connectivity index (χ1) is 13.0. The zero-order valence-corrected chi connectivity index (χ0v) is 16.7. The predicted molar refractivity (Wildman–Crippen MR) is 109 cm³/mol. The highest BCUT2D eigenvalue weighted by Gasteiger charge is 2.23. The minimum atomic E-state index is -0.0848. The first-order valence-electron chi connectivity index (χ1n) is 9.63. The van der Waals surface area contributed by atoms with Gasteiger partial charge in [-0.05, 0) is 32.8 Å². The minimum Gasteiger partial charge on any atom is -0.355 e. The summed E-state index contributed by atoms with van der Waals surface area (Å²) in [5.74, 6) is 1.89. The lowest BCUT2D eigenvalue weighted by molar-refractivity contribution is 0.342. The van der Waals surface area contributed by atoms with Gasteiger partial charge in [0.15, 0.2) is 5.96 Å². The maximum atomic E-state index is 4.39. The highest BCUT2D eigenvalue weighted by Crippen LogP contribution is 2.16. The standard InChI is InChI=1S/C20H31N7/c1-15(16-8-6-5-7-9-16)26-20(2,3)13-22-19(21-4)25-17-10-11-18-23-14-24-27(18)12-17/h5-9,14-15,17,26H,10-13H2,1-4H3,(H2,21,22,25). The van der Waals surface area contributed by atoms with Crippen LogP contribution in [-0.4, -0.2) is 45.9 Å². The second kappa shape index (κ2) is 8.52. The van der Waals surface area contributed by atoms with Crippen LogP contribution in [0.3, 0.4) is 0 Å². The van der Waals surface area contributed by atoms with Crippen molar-refractivity contribution in [3.63, 3.8) is 0 Å². The van der Waals surface area contributed by atoms with E-state index in [1.807, 2.05) is 17.8 Å². The lowest BCUT2D eigenvalue weighted by Gasteiger charge is -2.32. The monoisotopic (exact) mass is 369 g/mol. The van der Waals surface area contributed by atoms with Gasteiger partial charge in [0.05, 0.1) is 6.54 Å². The second-order valence-corrected chi connectivity index (χ2v) is 7.82. The van der Waals surface area contributed by atoms with Crippen molar-refractivity contribution in [3.05, 3.63) is 48.0 Å². The highest BCUT2D eigenvalue weighted by molar-refractivity contribution is 5.80. The molecule has 2 heterocycles. The SMILES string of the molecule is CN=C(NCC(C)(C)NC(C)c1ccccc1)NC1CCc2ncnn2C1. The van der Waals surface area contributed by atoms with E-state index in [9.17, 15) is 0 Å². The Balaban J connectivity index is 1.50. The average molecular weight is 370 g/mol. The molecule has 1 aromatic heterocycles. The average Bonchev–Trinajstić information content (AvgIpc) is 3.13. The van der Waals surface area contributed by atoms with E-state index in [-0.39, 0.29) is 11.6 Å². The second-order valence-electron chi connectivity index (χ2n) is 7.82. The summed E-state index contributed by atoms with van der Waals surface area (Å²) in [6.45, 7) is 8.19. The van der Waals surface area contributed by atoms with E-state index >= 15 is 0 Å². The normalized spacial score (nSPS) is 18.7. The molecule has 146 valence electrons. The van der Waals surface area contributed by atoms with E-state index in [2.05, 4.69) is 76.1 Å². The third-order valence-electron chi connectivity index (χ3n) is 4.97. The first-order valence-corrected chi connectivity index (χ1v) is 9.63. The summed E-state index contributed by atoms with van der Waals surface area (Å²) in [6, 6.07) is 11.1. The molecule has 1 aliphatic rings. The number of hydrogen-bond acceptors (Lipinski definition) is 4. The predicted octanol–water partition coefficient (Wildman–Crippen LogP) is 1.89. The van der Waals surface area contributed by atoms with Crippen molar-refractivity contribution in [2.24, 2.45) is 4.99 Å². The Bertz CT molecular complexity index is 751. The number of aromatic nitrogens is 3. The van der Waals surface area contributed by atoms with Gasteiger partial charge in [-0.25, -0.2) is 9.67 Å². The van der Waals surface area contributed by atoms with E-state index in [1.54, 1.807) is 6.33 Å². The van der Waals surface area contributed by atoms with Crippen LogP contribution < -0.4 is 16.0 Å². The van der Waals surface area contributed by atoms with Crippen molar-refractivity contribution >= 4 is 5.96 Å². The fourth-order valence-electron chi connectivity index (χ4n) is 3.51. The molecule has 3 rings (SSSR count). The van der Waals surface area contributed by atoms with Gasteiger partial charge in [-0.3, -0.25) is 4.99 Å². The summed E-state index contributed by atoms with van der Waals surface area (Å²) < 4.78 is 1.97. The van der Waals surface area contributed by atoms with Crippen molar-refractivity contribution in [3.8, 4) is 0 Å². The molecular formula is C20H31N7. The molecule has 0 radical (unpaired) electrons. The van der Waals surface area contributed by atoms with Crippen LogP contribution in [0.15, 0.2) is 41.7 Å². The number of nitrogens with one attached hydrogen (secondary N) is 3. The van der Waals surface area contributed by atoms with Crippen LogP contribution in [0.5, 0.6) is 0 Å². The molecule has 27 heavy (non-hydrogen) atoms. The maximum absolute atomic E-state index is 4.39. The van der Waals surface area contributed by atoms with Gasteiger partial charge in [0.25, 0.3) is 0 Å². The van der Waals surface area contributed by atoms with Gasteiger partial charge in [0.2, 0.25) is 0 Å². The fourth-order valence-corrected chi connectivity index (χ4v) is 3.51. The molecule has 0 amide bonds. The van der Waals surface area contributed by atoms with Gasteiger partial charge in [-0.15, -0.1) is 0 Å². The number of benzene rings is 1. The number of rotatable bonds is 6. The summed E-state index contributed by atoms with van der Waals surface area (Å²) in [7, 11) is 1.81. The van der Waals surface area contributed by atoms with Crippen LogP contribution in [-0.2, 0) is 13.0 Å². The number of hydrogen-bond donors (Lipinski definition) is 3. The zero-order valence-electron chi connectivity index (χ0n) is 16.7. The molecule has 0 aliphatic carbocycles. The van der Waals surface area contributed by atoms with E-state index in [0.29, 0.717) is 6.04 Å². The minimum absolute atomic E-state index is 0.0848. The molecule has 2 unspecified atom stereocenters. The first kappa shape index (κ1) is 19.4. The van der Waals surface area contributed by atoms with Crippen LogP contribution in [0.2, 0.25) is 0 Å².